The van der Waals surface area contributed by atoms with Gasteiger partial charge in [-0.1, -0.05) is 41.4 Å². The largest absolute Gasteiger partial charge is 0.306 e. The van der Waals surface area contributed by atoms with Crippen molar-refractivity contribution in [3.8, 4) is 5.69 Å². The van der Waals surface area contributed by atoms with Crippen molar-refractivity contribution in [1.82, 2.24) is 9.78 Å². The van der Waals surface area contributed by atoms with Crippen molar-refractivity contribution in [1.29, 1.82) is 0 Å². The Labute approximate surface area is 168 Å². The van der Waals surface area contributed by atoms with Crippen LogP contribution in [0.3, 0.4) is 0 Å². The van der Waals surface area contributed by atoms with Crippen LogP contribution in [0.4, 0.5) is 5.82 Å². The number of carbonyl (C=O) groups is 1. The summed E-state index contributed by atoms with van der Waals surface area (Å²) >= 11 is 12.1. The minimum absolute atomic E-state index is 0.266. The summed E-state index contributed by atoms with van der Waals surface area (Å²) < 4.78 is 13.7. The lowest BCUT2D eigenvalue weighted by Crippen LogP contribution is -2.17. The Bertz CT molecular complexity index is 1090. The normalized spacial score (nSPS) is 15.6. The van der Waals surface area contributed by atoms with E-state index in [1.54, 1.807) is 16.8 Å². The van der Waals surface area contributed by atoms with Gasteiger partial charge in [-0.3, -0.25) is 9.00 Å². The van der Waals surface area contributed by atoms with Crippen LogP contribution in [0.15, 0.2) is 42.5 Å². The molecule has 1 aliphatic heterocycles. The fourth-order valence-electron chi connectivity index (χ4n) is 3.08. The second kappa shape index (κ2) is 7.11. The molecular weight excluding hydrogens is 405 g/mol. The van der Waals surface area contributed by atoms with Crippen LogP contribution in [0, 0.1) is 6.92 Å². The van der Waals surface area contributed by atoms with Gasteiger partial charge in [0.1, 0.15) is 5.82 Å². The van der Waals surface area contributed by atoms with Crippen molar-refractivity contribution in [2.24, 2.45) is 0 Å². The van der Waals surface area contributed by atoms with E-state index in [0.717, 1.165) is 22.5 Å². The number of fused-ring (bicyclic) bond motifs is 1. The highest BCUT2D eigenvalue weighted by Gasteiger charge is 2.29. The molecule has 27 heavy (non-hydrogen) atoms. The molecule has 138 valence electrons. The minimum atomic E-state index is -1.01. The number of para-hydroxylation sites is 1. The molecule has 4 rings (SSSR count). The molecule has 0 spiro atoms. The van der Waals surface area contributed by atoms with Crippen molar-refractivity contribution >= 4 is 45.7 Å². The van der Waals surface area contributed by atoms with E-state index in [1.807, 2.05) is 31.2 Å². The molecule has 1 atom stereocenters. The smallest absolute Gasteiger partial charge is 0.258 e. The average molecular weight is 420 g/mol. The van der Waals surface area contributed by atoms with Gasteiger partial charge in [0.15, 0.2) is 0 Å². The summed E-state index contributed by atoms with van der Waals surface area (Å²) in [6.07, 6.45) is 0. The lowest BCUT2D eigenvalue weighted by molar-refractivity contribution is 0.102. The number of halogens is 2. The first-order valence-corrected chi connectivity index (χ1v) is 10.5. The predicted molar refractivity (Wildman–Crippen MR) is 108 cm³/mol. The van der Waals surface area contributed by atoms with Gasteiger partial charge in [-0.15, -0.1) is 0 Å². The summed E-state index contributed by atoms with van der Waals surface area (Å²) in [5, 5.41) is 8.25. The number of amides is 1. The molecule has 0 bridgehead atoms. The Kier molecular flexibility index (Phi) is 4.80. The number of nitrogens with one attached hydrogen (secondary N) is 1. The molecule has 0 saturated heterocycles. The van der Waals surface area contributed by atoms with Gasteiger partial charge in [0, 0.05) is 21.4 Å². The van der Waals surface area contributed by atoms with Gasteiger partial charge in [-0.05, 0) is 36.8 Å². The first-order valence-electron chi connectivity index (χ1n) is 8.22. The third kappa shape index (κ3) is 3.40. The Morgan fingerprint density at radius 2 is 1.96 bits per heavy atom. The van der Waals surface area contributed by atoms with Gasteiger partial charge in [-0.25, -0.2) is 4.68 Å². The number of rotatable bonds is 3. The van der Waals surface area contributed by atoms with E-state index in [1.165, 1.54) is 6.07 Å². The van der Waals surface area contributed by atoms with Crippen LogP contribution in [0.2, 0.25) is 10.0 Å². The van der Waals surface area contributed by atoms with Gasteiger partial charge < -0.3 is 5.32 Å². The van der Waals surface area contributed by atoms with Gasteiger partial charge in [0.05, 0.1) is 33.5 Å². The van der Waals surface area contributed by atoms with Crippen molar-refractivity contribution in [3.05, 3.63) is 74.9 Å². The van der Waals surface area contributed by atoms with Gasteiger partial charge >= 0.3 is 0 Å². The number of benzene rings is 2. The summed E-state index contributed by atoms with van der Waals surface area (Å²) in [6, 6.07) is 12.5. The Hall–Kier alpha value is -2.15. The maximum absolute atomic E-state index is 12.8. The maximum Gasteiger partial charge on any atom is 0.258 e. The average Bonchev–Trinajstić information content (AvgIpc) is 3.12. The molecule has 0 fully saturated rings. The number of anilines is 1. The maximum atomic E-state index is 12.8. The summed E-state index contributed by atoms with van der Waals surface area (Å²) in [7, 11) is -1.01. The molecule has 1 aliphatic rings. The third-order valence-corrected chi connectivity index (χ3v) is 6.17. The van der Waals surface area contributed by atoms with Crippen LogP contribution in [0.1, 0.15) is 27.2 Å². The van der Waals surface area contributed by atoms with Gasteiger partial charge in [0.2, 0.25) is 0 Å². The molecule has 0 unspecified atom stereocenters. The lowest BCUT2D eigenvalue weighted by atomic mass is 10.2. The van der Waals surface area contributed by atoms with E-state index in [0.29, 0.717) is 27.9 Å². The minimum Gasteiger partial charge on any atom is -0.306 e. The van der Waals surface area contributed by atoms with Crippen LogP contribution in [0.5, 0.6) is 0 Å². The molecule has 0 radical (unpaired) electrons. The number of hydrogen-bond donors (Lipinski definition) is 1. The number of aromatic nitrogens is 2. The second-order valence-electron chi connectivity index (χ2n) is 6.28. The summed E-state index contributed by atoms with van der Waals surface area (Å²) in [5.74, 6) is 0.914. The van der Waals surface area contributed by atoms with Crippen LogP contribution in [-0.2, 0) is 22.3 Å². The number of hydrogen-bond acceptors (Lipinski definition) is 3. The lowest BCUT2D eigenvalue weighted by Gasteiger charge is -2.13. The van der Waals surface area contributed by atoms with E-state index >= 15 is 0 Å². The first-order chi connectivity index (χ1) is 12.9. The molecule has 0 saturated carbocycles. The molecular formula is C19H15Cl2N3O2S. The fraction of sp³-hybridized carbons (Fsp3) is 0.158. The zero-order valence-corrected chi connectivity index (χ0v) is 16.7. The fourth-order valence-corrected chi connectivity index (χ4v) is 4.84. The van der Waals surface area contributed by atoms with E-state index in [4.69, 9.17) is 23.2 Å². The Morgan fingerprint density at radius 3 is 2.70 bits per heavy atom. The molecule has 0 aliphatic carbocycles. The topological polar surface area (TPSA) is 64.0 Å². The number of aryl methyl sites for hydroxylation is 1. The van der Waals surface area contributed by atoms with Crippen molar-refractivity contribution < 1.29 is 9.00 Å². The second-order valence-corrected chi connectivity index (χ2v) is 8.58. The van der Waals surface area contributed by atoms with E-state index < -0.39 is 10.8 Å². The van der Waals surface area contributed by atoms with Gasteiger partial charge in [0.25, 0.3) is 5.91 Å². The number of nitrogens with zero attached hydrogens (tertiary/aromatic N) is 2. The molecule has 1 amide bonds. The number of carbonyl (C=O) groups excluding carboxylic acids is 1. The molecule has 8 heteroatoms. The monoisotopic (exact) mass is 419 g/mol. The van der Waals surface area contributed by atoms with E-state index in [-0.39, 0.29) is 10.9 Å². The molecule has 3 aromatic rings. The summed E-state index contributed by atoms with van der Waals surface area (Å²) in [4.78, 5) is 12.8. The third-order valence-electron chi connectivity index (χ3n) is 4.42. The molecule has 2 heterocycles. The van der Waals surface area contributed by atoms with E-state index in [9.17, 15) is 9.00 Å². The molecule has 1 aromatic heterocycles. The SMILES string of the molecule is Cc1ccccc1-n1nc2c(c1NC(=O)c1ccc(Cl)cc1Cl)C[S@](=O)C2. The highest BCUT2D eigenvalue weighted by atomic mass is 35.5. The standard InChI is InChI=1S/C19H15Cl2N3O2S/c1-11-4-2-3-5-17(11)24-18(14-9-27(26)10-16(14)23-24)22-19(25)13-7-6-12(20)8-15(13)21/h2-8H,9-10H2,1H3,(H,22,25)/t27-/m0/s1. The Morgan fingerprint density at radius 1 is 1.19 bits per heavy atom. The quantitative estimate of drug-likeness (QED) is 0.679. The Balaban J connectivity index is 1.79. The zero-order valence-electron chi connectivity index (χ0n) is 14.3. The molecule has 2 aromatic carbocycles. The van der Waals surface area contributed by atoms with E-state index in [2.05, 4.69) is 10.4 Å². The van der Waals surface area contributed by atoms with Crippen LogP contribution >= 0.6 is 23.2 Å². The molecule has 1 N–H and O–H groups in total. The highest BCUT2D eigenvalue weighted by molar-refractivity contribution is 7.83. The van der Waals surface area contributed by atoms with Crippen molar-refractivity contribution in [3.63, 3.8) is 0 Å². The highest BCUT2D eigenvalue weighted by Crippen LogP contribution is 2.33. The molecule has 5 nitrogen and oxygen atoms in total. The first kappa shape index (κ1) is 18.2. The van der Waals surface area contributed by atoms with Gasteiger partial charge in [-0.2, -0.15) is 5.10 Å². The van der Waals surface area contributed by atoms with Crippen LogP contribution in [-0.4, -0.2) is 19.9 Å². The zero-order chi connectivity index (χ0) is 19.1. The van der Waals surface area contributed by atoms with Crippen LogP contribution in [0.25, 0.3) is 5.69 Å². The predicted octanol–water partition coefficient (Wildman–Crippen LogP) is 4.50. The summed E-state index contributed by atoms with van der Waals surface area (Å²) in [5.41, 5.74) is 3.73. The van der Waals surface area contributed by atoms with Crippen LogP contribution < -0.4 is 5.32 Å². The van der Waals surface area contributed by atoms with Crippen molar-refractivity contribution in [2.75, 3.05) is 5.32 Å². The van der Waals surface area contributed by atoms with Crippen molar-refractivity contribution in [2.45, 2.75) is 18.4 Å². The summed E-state index contributed by atoms with van der Waals surface area (Å²) in [6.45, 7) is 1.97.